The summed E-state index contributed by atoms with van der Waals surface area (Å²) in [6, 6.07) is 10.5. The first-order valence-corrected chi connectivity index (χ1v) is 10.3. The predicted molar refractivity (Wildman–Crippen MR) is 138 cm³/mol. The summed E-state index contributed by atoms with van der Waals surface area (Å²) < 4.78 is 20.5. The number of aliphatic carboxylic acids is 2. The molecule has 0 aliphatic heterocycles. The highest BCUT2D eigenvalue weighted by Crippen LogP contribution is 2.29. The van der Waals surface area contributed by atoms with Crippen LogP contribution in [-0.4, -0.2) is 78.1 Å². The van der Waals surface area contributed by atoms with Gasteiger partial charge in [-0.2, -0.15) is 0 Å². The second-order valence-corrected chi connectivity index (χ2v) is 8.18. The lowest BCUT2D eigenvalue weighted by Crippen LogP contribution is -2.46. The smallest absolute Gasteiger partial charge is 0.323 e. The van der Waals surface area contributed by atoms with Gasteiger partial charge in [0.2, 0.25) is 0 Å². The molecule has 0 aromatic heterocycles. The molecule has 0 amide bonds. The molecular weight excluding hydrogens is 492 g/mol. The van der Waals surface area contributed by atoms with Crippen LogP contribution in [0.2, 0.25) is 0 Å². The minimum Gasteiger partial charge on any atom is -0.493 e. The third-order valence-corrected chi connectivity index (χ3v) is 5.02. The fraction of sp³-hybridized carbons (Fsp3) is 0.417. The Kier molecular flexibility index (Phi) is 16.6. The van der Waals surface area contributed by atoms with Gasteiger partial charge >= 0.3 is 11.9 Å². The van der Waals surface area contributed by atoms with Crippen LogP contribution in [0.3, 0.4) is 0 Å². The highest BCUT2D eigenvalue weighted by atomic mass is 16.5. The maximum atomic E-state index is 10.9. The van der Waals surface area contributed by atoms with Crippen LogP contribution >= 0.6 is 0 Å². The Bertz CT molecular complexity index is 915. The van der Waals surface area contributed by atoms with E-state index in [1.54, 1.807) is 50.6 Å². The number of hydrogen-bond acceptors (Lipinski definition) is 8. The van der Waals surface area contributed by atoms with E-state index in [4.69, 9.17) is 40.6 Å². The van der Waals surface area contributed by atoms with Crippen molar-refractivity contribution in [2.75, 3.05) is 28.4 Å². The van der Waals surface area contributed by atoms with Crippen molar-refractivity contribution >= 4 is 11.9 Å². The molecule has 13 nitrogen and oxygen atoms in total. The topological polar surface area (TPSA) is 258 Å². The minimum atomic E-state index is -1.29. The van der Waals surface area contributed by atoms with Gasteiger partial charge in [0.25, 0.3) is 0 Å². The maximum Gasteiger partial charge on any atom is 0.323 e. The Morgan fingerprint density at radius 2 is 0.919 bits per heavy atom. The SMILES string of the molecule is COc1ccc(C[C@](C)(N)C(=O)O)cc1OC.COc1ccc(C[C@](C)(N)C(=O)O)cc1OC.O.O.O. The molecule has 0 radical (unpaired) electrons. The zero-order valence-electron chi connectivity index (χ0n) is 21.9. The molecule has 0 fully saturated rings. The zero-order valence-corrected chi connectivity index (χ0v) is 21.9. The van der Waals surface area contributed by atoms with Crippen molar-refractivity contribution < 1.29 is 55.2 Å². The number of carbonyl (C=O) groups is 2. The molecule has 2 atom stereocenters. The average Bonchev–Trinajstić information content (AvgIpc) is 2.78. The standard InChI is InChI=1S/2C12H17NO4.3H2O/c2*1-12(13,11(14)15)7-8-4-5-9(16-2)10(6-8)17-3;;;/h2*4-6H,7,13H2,1-3H3,(H,14,15);3*1H2/t2*12-;;;/m00.../s1. The van der Waals surface area contributed by atoms with Gasteiger partial charge in [0.15, 0.2) is 23.0 Å². The fourth-order valence-electron chi connectivity index (χ4n) is 2.98. The monoisotopic (exact) mass is 532 g/mol. The average molecular weight is 533 g/mol. The summed E-state index contributed by atoms with van der Waals surface area (Å²) in [6.07, 6.45) is 0.450. The first kappa shape index (κ1) is 37.9. The molecule has 0 bridgehead atoms. The van der Waals surface area contributed by atoms with Crippen LogP contribution in [0.1, 0.15) is 25.0 Å². The Labute approximate surface area is 215 Å². The number of rotatable bonds is 10. The fourth-order valence-corrected chi connectivity index (χ4v) is 2.98. The van der Waals surface area contributed by atoms with E-state index in [9.17, 15) is 9.59 Å². The predicted octanol–water partition coefficient (Wildman–Crippen LogP) is -0.377. The van der Waals surface area contributed by atoms with Gasteiger partial charge in [-0.25, -0.2) is 0 Å². The molecule has 212 valence electrons. The number of carboxylic acid groups (broad SMARTS) is 2. The number of hydrogen-bond donors (Lipinski definition) is 4. The summed E-state index contributed by atoms with van der Waals surface area (Å²) >= 11 is 0. The Morgan fingerprint density at radius 1 is 0.649 bits per heavy atom. The van der Waals surface area contributed by atoms with Crippen molar-refractivity contribution in [1.82, 2.24) is 0 Å². The quantitative estimate of drug-likeness (QED) is 0.308. The van der Waals surface area contributed by atoms with E-state index in [1.165, 1.54) is 28.1 Å². The lowest BCUT2D eigenvalue weighted by Gasteiger charge is -2.19. The van der Waals surface area contributed by atoms with Crippen molar-refractivity contribution in [3.05, 3.63) is 47.5 Å². The van der Waals surface area contributed by atoms with Gasteiger partial charge in [0.1, 0.15) is 11.1 Å². The molecule has 0 heterocycles. The van der Waals surface area contributed by atoms with Crippen LogP contribution in [0.15, 0.2) is 36.4 Å². The lowest BCUT2D eigenvalue weighted by molar-refractivity contribution is -0.143. The number of benzene rings is 2. The normalized spacial score (nSPS) is 12.8. The van der Waals surface area contributed by atoms with Crippen molar-refractivity contribution in [3.8, 4) is 23.0 Å². The van der Waals surface area contributed by atoms with E-state index in [2.05, 4.69) is 0 Å². The largest absolute Gasteiger partial charge is 0.493 e. The van der Waals surface area contributed by atoms with Gasteiger partial charge in [-0.15, -0.1) is 0 Å². The van der Waals surface area contributed by atoms with Gasteiger partial charge in [-0.1, -0.05) is 12.1 Å². The molecule has 0 saturated carbocycles. The summed E-state index contributed by atoms with van der Waals surface area (Å²) in [6.45, 7) is 2.96. The maximum absolute atomic E-state index is 10.9. The van der Waals surface area contributed by atoms with Crippen LogP contribution in [0.25, 0.3) is 0 Å². The van der Waals surface area contributed by atoms with E-state index in [-0.39, 0.29) is 29.3 Å². The molecule has 13 heteroatoms. The molecule has 0 aliphatic rings. The van der Waals surface area contributed by atoms with Crippen molar-refractivity contribution in [2.45, 2.75) is 37.8 Å². The van der Waals surface area contributed by atoms with Crippen LogP contribution in [0.5, 0.6) is 23.0 Å². The highest BCUT2D eigenvalue weighted by Gasteiger charge is 2.29. The van der Waals surface area contributed by atoms with Crippen LogP contribution in [0, 0.1) is 0 Å². The molecule has 0 saturated heterocycles. The molecule has 0 aliphatic carbocycles. The van der Waals surface area contributed by atoms with Gasteiger partial charge in [0, 0.05) is 12.8 Å². The summed E-state index contributed by atoms with van der Waals surface area (Å²) in [7, 11) is 6.14. The number of ether oxygens (including phenoxy) is 4. The summed E-state index contributed by atoms with van der Waals surface area (Å²) in [5.74, 6) is 0.257. The molecule has 2 rings (SSSR count). The van der Waals surface area contributed by atoms with Crippen molar-refractivity contribution in [3.63, 3.8) is 0 Å². The number of methoxy groups -OCH3 is 4. The van der Waals surface area contributed by atoms with E-state index in [0.717, 1.165) is 11.1 Å². The molecule has 2 aromatic carbocycles. The van der Waals surface area contributed by atoms with Crippen LogP contribution < -0.4 is 30.4 Å². The Morgan fingerprint density at radius 3 is 1.14 bits per heavy atom. The first-order chi connectivity index (χ1) is 15.8. The van der Waals surface area contributed by atoms with Gasteiger partial charge in [-0.3, -0.25) is 9.59 Å². The van der Waals surface area contributed by atoms with Gasteiger partial charge in [0.05, 0.1) is 28.4 Å². The second kappa shape index (κ2) is 16.2. The van der Waals surface area contributed by atoms with Gasteiger partial charge in [-0.05, 0) is 49.2 Å². The van der Waals surface area contributed by atoms with Gasteiger partial charge < -0.3 is 57.1 Å². The van der Waals surface area contributed by atoms with Crippen LogP contribution in [0.4, 0.5) is 0 Å². The molecule has 2 aromatic rings. The minimum absolute atomic E-state index is 0. The molecule has 12 N–H and O–H groups in total. The van der Waals surface area contributed by atoms with Crippen molar-refractivity contribution in [2.24, 2.45) is 11.5 Å². The van der Waals surface area contributed by atoms with Crippen molar-refractivity contribution in [1.29, 1.82) is 0 Å². The number of nitrogens with two attached hydrogens (primary N) is 2. The molecule has 0 spiro atoms. The summed E-state index contributed by atoms with van der Waals surface area (Å²) in [5, 5.41) is 17.9. The molecular formula is C24H40N2O11. The zero-order chi connectivity index (χ0) is 26.1. The Balaban J connectivity index is -0.000000578. The summed E-state index contributed by atoms with van der Waals surface area (Å²) in [4.78, 5) is 21.8. The summed E-state index contributed by atoms with van der Waals surface area (Å²) in [5.41, 5.74) is 10.4. The Hall–Kier alpha value is -3.62. The first-order valence-electron chi connectivity index (χ1n) is 10.3. The van der Waals surface area contributed by atoms with Crippen LogP contribution in [-0.2, 0) is 22.4 Å². The highest BCUT2D eigenvalue weighted by molar-refractivity contribution is 5.78. The van der Waals surface area contributed by atoms with E-state index in [0.29, 0.717) is 23.0 Å². The van der Waals surface area contributed by atoms with E-state index >= 15 is 0 Å². The second-order valence-electron chi connectivity index (χ2n) is 8.18. The van der Waals surface area contributed by atoms with E-state index in [1.807, 2.05) is 0 Å². The number of carboxylic acids is 2. The molecule has 0 unspecified atom stereocenters. The van der Waals surface area contributed by atoms with E-state index < -0.39 is 23.0 Å². The molecule has 37 heavy (non-hydrogen) atoms. The lowest BCUT2D eigenvalue weighted by atomic mass is 9.94. The third-order valence-electron chi connectivity index (χ3n) is 5.02. The third kappa shape index (κ3) is 10.9.